The van der Waals surface area contributed by atoms with Crippen LogP contribution in [0.5, 0.6) is 0 Å². The van der Waals surface area contributed by atoms with Gasteiger partial charge in [-0.3, -0.25) is 0 Å². The van der Waals surface area contributed by atoms with Gasteiger partial charge in [-0.1, -0.05) is 176 Å². The van der Waals surface area contributed by atoms with Gasteiger partial charge in [0.1, 0.15) is 11.3 Å². The second-order valence-corrected chi connectivity index (χ2v) is 17.7. The summed E-state index contributed by atoms with van der Waals surface area (Å²) in [5.41, 5.74) is 15.1. The lowest BCUT2D eigenvalue weighted by molar-refractivity contribution is 0.592. The summed E-state index contributed by atoms with van der Waals surface area (Å²) in [4.78, 5) is 2.40. The predicted molar refractivity (Wildman–Crippen MR) is 280 cm³/mol. The van der Waals surface area contributed by atoms with E-state index in [9.17, 15) is 0 Å². The second-order valence-electron chi connectivity index (χ2n) is 17.7. The van der Waals surface area contributed by atoms with Crippen molar-refractivity contribution in [3.8, 4) is 33.4 Å². The van der Waals surface area contributed by atoms with E-state index >= 15 is 0 Å². The first-order valence-corrected chi connectivity index (χ1v) is 23.3. The lowest BCUT2D eigenvalue weighted by atomic mass is 9.89. The van der Waals surface area contributed by atoms with E-state index in [0.717, 1.165) is 65.2 Å². The van der Waals surface area contributed by atoms with Gasteiger partial charge in [0.25, 0.3) is 0 Å². The number of furan rings is 1. The van der Waals surface area contributed by atoms with Crippen molar-refractivity contribution in [2.75, 3.05) is 4.90 Å². The van der Waals surface area contributed by atoms with Gasteiger partial charge in [-0.05, 0) is 151 Å². The fraction of sp³-hybridized carbons (Fsp3) is 0.0625. The van der Waals surface area contributed by atoms with Crippen LogP contribution in [0.2, 0.25) is 0 Å². The highest BCUT2D eigenvalue weighted by molar-refractivity contribution is 6.15. The molecule has 0 amide bonds. The van der Waals surface area contributed by atoms with Gasteiger partial charge in [-0.15, -0.1) is 0 Å². The minimum absolute atomic E-state index is 0.965. The van der Waals surface area contributed by atoms with E-state index in [1.165, 1.54) is 87.4 Å². The third kappa shape index (κ3) is 6.40. The Morgan fingerprint density at radius 2 is 0.939 bits per heavy atom. The summed E-state index contributed by atoms with van der Waals surface area (Å²) in [7, 11) is 0. The Balaban J connectivity index is 0.935. The van der Waals surface area contributed by atoms with Crippen LogP contribution in [-0.2, 0) is 6.42 Å². The quantitative estimate of drug-likeness (QED) is 0.149. The van der Waals surface area contributed by atoms with Gasteiger partial charge in [0.05, 0.1) is 0 Å². The maximum Gasteiger partial charge on any atom is 0.142 e. The Bertz CT molecular complexity index is 3800. The van der Waals surface area contributed by atoms with Gasteiger partial charge in [-0.2, -0.15) is 0 Å². The Morgan fingerprint density at radius 1 is 0.379 bits per heavy atom. The molecule has 66 heavy (non-hydrogen) atoms. The topological polar surface area (TPSA) is 16.4 Å². The number of para-hydroxylation sites is 1. The van der Waals surface area contributed by atoms with Crippen molar-refractivity contribution in [2.24, 2.45) is 0 Å². The van der Waals surface area contributed by atoms with E-state index in [0.29, 0.717) is 0 Å². The number of hydrogen-bond acceptors (Lipinski definition) is 2. The molecule has 0 spiro atoms. The first-order chi connectivity index (χ1) is 32.7. The average molecular weight is 844 g/mol. The van der Waals surface area contributed by atoms with Gasteiger partial charge in [0.2, 0.25) is 0 Å². The van der Waals surface area contributed by atoms with E-state index in [1.54, 1.807) is 0 Å². The number of allylic oxidation sites excluding steroid dienone is 6. The maximum atomic E-state index is 6.92. The van der Waals surface area contributed by atoms with Crippen molar-refractivity contribution >= 4 is 76.7 Å². The Hall–Kier alpha value is -8.20. The van der Waals surface area contributed by atoms with Crippen LogP contribution in [0.1, 0.15) is 30.6 Å². The maximum absolute atomic E-state index is 6.92. The smallest absolute Gasteiger partial charge is 0.142 e. The zero-order valence-electron chi connectivity index (χ0n) is 36.5. The zero-order valence-corrected chi connectivity index (χ0v) is 36.5. The van der Waals surface area contributed by atoms with Crippen molar-refractivity contribution in [2.45, 2.75) is 25.7 Å². The molecule has 2 aliphatic rings. The molecule has 1 aromatic heterocycles. The van der Waals surface area contributed by atoms with Crippen LogP contribution < -0.4 is 4.90 Å². The summed E-state index contributed by atoms with van der Waals surface area (Å²) >= 11 is 0. The van der Waals surface area contributed by atoms with Gasteiger partial charge in [-0.25, -0.2) is 0 Å². The minimum Gasteiger partial charge on any atom is -0.455 e. The van der Waals surface area contributed by atoms with E-state index in [2.05, 4.69) is 229 Å². The molecule has 312 valence electrons. The van der Waals surface area contributed by atoms with Crippen LogP contribution in [-0.4, -0.2) is 0 Å². The molecule has 0 fully saturated rings. The van der Waals surface area contributed by atoms with Crippen molar-refractivity contribution in [3.63, 3.8) is 0 Å². The first kappa shape index (κ1) is 38.3. The molecule has 0 aliphatic heterocycles. The molecule has 0 N–H and O–H groups in total. The van der Waals surface area contributed by atoms with Crippen LogP contribution in [0, 0.1) is 0 Å². The number of fused-ring (bicyclic) bond motifs is 9. The SMILES string of the molecule is C1=CC(C2=CCCc3c2oc2c(-c4ccc(N(c5ccc(-c6cc7ccccc7c7ccccc67)cc5)c5cccc(-c6cc7ccccc7c7ccccc67)c5)cc4)cccc32)=CCC1. The summed E-state index contributed by atoms with van der Waals surface area (Å²) in [6, 6.07) is 73.6. The van der Waals surface area contributed by atoms with Crippen LogP contribution in [0.15, 0.2) is 234 Å². The summed E-state index contributed by atoms with van der Waals surface area (Å²) in [6.45, 7) is 0. The number of rotatable bonds is 7. The van der Waals surface area contributed by atoms with Gasteiger partial charge >= 0.3 is 0 Å². The Labute approximate surface area is 384 Å². The van der Waals surface area contributed by atoms with E-state index in [1.807, 2.05) is 0 Å². The molecule has 11 aromatic rings. The summed E-state index contributed by atoms with van der Waals surface area (Å²) in [5, 5.41) is 11.3. The summed E-state index contributed by atoms with van der Waals surface area (Å²) in [6.07, 6.45) is 13.5. The predicted octanol–water partition coefficient (Wildman–Crippen LogP) is 18.1. The highest BCUT2D eigenvalue weighted by atomic mass is 16.3. The third-order valence-corrected chi connectivity index (χ3v) is 13.9. The van der Waals surface area contributed by atoms with Crippen LogP contribution in [0.4, 0.5) is 17.1 Å². The number of aryl methyl sites for hydroxylation is 1. The third-order valence-electron chi connectivity index (χ3n) is 13.9. The summed E-state index contributed by atoms with van der Waals surface area (Å²) in [5.74, 6) is 1.03. The van der Waals surface area contributed by atoms with Crippen molar-refractivity contribution in [3.05, 3.63) is 241 Å². The van der Waals surface area contributed by atoms with Crippen molar-refractivity contribution in [1.82, 2.24) is 0 Å². The highest BCUT2D eigenvalue weighted by Gasteiger charge is 2.25. The number of benzene rings is 10. The molecule has 10 aromatic carbocycles. The minimum atomic E-state index is 0.965. The first-order valence-electron chi connectivity index (χ1n) is 23.3. The average Bonchev–Trinajstić information content (AvgIpc) is 3.79. The molecular formula is C64H45NO. The molecule has 0 unspecified atom stereocenters. The van der Waals surface area contributed by atoms with Crippen molar-refractivity contribution in [1.29, 1.82) is 0 Å². The molecular weight excluding hydrogens is 799 g/mol. The van der Waals surface area contributed by atoms with Gasteiger partial charge in [0.15, 0.2) is 0 Å². The largest absolute Gasteiger partial charge is 0.455 e. The molecule has 2 nitrogen and oxygen atoms in total. The van der Waals surface area contributed by atoms with Crippen LogP contribution in [0.3, 0.4) is 0 Å². The monoisotopic (exact) mass is 843 g/mol. The second kappa shape index (κ2) is 15.8. The van der Waals surface area contributed by atoms with Crippen LogP contribution in [0.25, 0.3) is 93.0 Å². The van der Waals surface area contributed by atoms with Gasteiger partial charge < -0.3 is 9.32 Å². The molecule has 0 atom stereocenters. The molecule has 1 heterocycles. The van der Waals surface area contributed by atoms with E-state index in [-0.39, 0.29) is 0 Å². The van der Waals surface area contributed by atoms with Crippen LogP contribution >= 0.6 is 0 Å². The number of nitrogens with zero attached hydrogens (tertiary/aromatic N) is 1. The van der Waals surface area contributed by atoms with E-state index in [4.69, 9.17) is 4.42 Å². The van der Waals surface area contributed by atoms with Crippen molar-refractivity contribution < 1.29 is 4.42 Å². The molecule has 0 saturated carbocycles. The number of hydrogen-bond donors (Lipinski definition) is 0. The fourth-order valence-electron chi connectivity index (χ4n) is 10.8. The Kier molecular flexibility index (Phi) is 9.16. The molecule has 13 rings (SSSR count). The summed E-state index contributed by atoms with van der Waals surface area (Å²) < 4.78 is 6.92. The molecule has 0 saturated heterocycles. The van der Waals surface area contributed by atoms with E-state index < -0.39 is 0 Å². The molecule has 0 radical (unpaired) electrons. The molecule has 0 bridgehead atoms. The molecule has 2 heteroatoms. The lowest BCUT2D eigenvalue weighted by Gasteiger charge is -2.27. The molecule has 2 aliphatic carbocycles. The van der Waals surface area contributed by atoms with Gasteiger partial charge in [0, 0.05) is 39.1 Å². The normalized spacial score (nSPS) is 13.6. The lowest BCUT2D eigenvalue weighted by Crippen LogP contribution is -2.10. The Morgan fingerprint density at radius 3 is 1.58 bits per heavy atom. The zero-order chi connectivity index (χ0) is 43.6. The standard InChI is InChI=1S/C64H45NO/c1-2-15-42(16-3-1)53-27-13-29-59-60-30-14-28-54(64(60)66-63(53)59)43-31-35-48(36-32-43)65(49-37-33-44(34-38-49)61-40-46-17-4-6-21-51(46)55-23-8-10-25-57(55)61)50-20-12-19-45(39-50)62-41-47-18-5-7-22-52(47)56-24-9-11-26-58(56)62/h2,4-12,14-28,30-41H,1,3,13,29H2. The highest BCUT2D eigenvalue weighted by Crippen LogP contribution is 2.45. The fourth-order valence-corrected chi connectivity index (χ4v) is 10.8. The number of anilines is 3.